The summed E-state index contributed by atoms with van der Waals surface area (Å²) in [6.45, 7) is 2.12. The van der Waals surface area contributed by atoms with Crippen molar-refractivity contribution < 1.29 is 38.4 Å². The van der Waals surface area contributed by atoms with Gasteiger partial charge < -0.3 is 30.9 Å². The zero-order valence-corrected chi connectivity index (χ0v) is 34.8. The molecule has 4 aliphatic rings. The maximum atomic E-state index is 13.1. The van der Waals surface area contributed by atoms with E-state index >= 15 is 0 Å². The van der Waals surface area contributed by atoms with E-state index in [-0.39, 0.29) is 35.3 Å². The number of terminal acetylenes is 1. The topological polar surface area (TPSA) is 213 Å². The van der Waals surface area contributed by atoms with Gasteiger partial charge in [0.25, 0.3) is 17.5 Å². The number of ether oxygens (including phenoxy) is 1. The first-order valence-corrected chi connectivity index (χ1v) is 20.1. The normalized spacial score (nSPS) is 17.2. The molecule has 320 valence electrons. The lowest BCUT2D eigenvalue weighted by molar-refractivity contribution is -0.384. The van der Waals surface area contributed by atoms with Crippen LogP contribution in [0.15, 0.2) is 97.1 Å². The molecule has 0 aromatic heterocycles. The van der Waals surface area contributed by atoms with Crippen molar-refractivity contribution in [2.24, 2.45) is 0 Å². The van der Waals surface area contributed by atoms with Crippen molar-refractivity contribution in [2.45, 2.75) is 36.8 Å². The first kappa shape index (κ1) is 44.8. The Morgan fingerprint density at radius 2 is 1.27 bits per heavy atom. The highest BCUT2D eigenvalue weighted by Crippen LogP contribution is 2.34. The molecule has 0 saturated carbocycles. The third-order valence-electron chi connectivity index (χ3n) is 10.3. The van der Waals surface area contributed by atoms with Crippen LogP contribution in [0.5, 0.6) is 5.75 Å². The van der Waals surface area contributed by atoms with Gasteiger partial charge in [-0.3, -0.25) is 19.7 Å². The molecule has 8 rings (SSSR count). The quantitative estimate of drug-likeness (QED) is 0.0516. The number of carbonyl (C=O) groups is 6. The number of imide groups is 2. The van der Waals surface area contributed by atoms with Gasteiger partial charge in [0.15, 0.2) is 0 Å². The van der Waals surface area contributed by atoms with Crippen molar-refractivity contribution in [3.63, 3.8) is 0 Å². The van der Waals surface area contributed by atoms with Gasteiger partial charge in [-0.05, 0) is 106 Å². The molecule has 4 saturated heterocycles. The first-order valence-electron chi connectivity index (χ1n) is 18.9. The number of piperidine rings is 2. The van der Waals surface area contributed by atoms with Crippen molar-refractivity contribution in [3.8, 4) is 18.1 Å². The van der Waals surface area contributed by atoms with Crippen LogP contribution in [0.25, 0.3) is 0 Å². The Morgan fingerprint density at radius 1 is 0.758 bits per heavy atom. The van der Waals surface area contributed by atoms with Crippen LogP contribution in [0.4, 0.5) is 41.9 Å². The number of hydrogen-bond acceptors (Lipinski definition) is 10. The van der Waals surface area contributed by atoms with Crippen LogP contribution >= 0.6 is 34.8 Å². The van der Waals surface area contributed by atoms with E-state index < -0.39 is 27.5 Å². The minimum atomic E-state index is -1.01. The number of halogens is 3. The van der Waals surface area contributed by atoms with E-state index in [0.29, 0.717) is 71.4 Å². The molecule has 20 heteroatoms. The molecule has 0 bridgehead atoms. The number of rotatable bonds is 5. The Morgan fingerprint density at radius 3 is 1.76 bits per heavy atom. The number of likely N-dealkylation sites (tertiary alicyclic amines) is 1. The summed E-state index contributed by atoms with van der Waals surface area (Å²) in [5, 5.41) is 22.8. The maximum absolute atomic E-state index is 13.1. The van der Waals surface area contributed by atoms with Gasteiger partial charge in [0.1, 0.15) is 16.8 Å². The third kappa shape index (κ3) is 10.2. The molecule has 0 unspecified atom stereocenters. The van der Waals surface area contributed by atoms with E-state index in [4.69, 9.17) is 41.2 Å². The summed E-state index contributed by atoms with van der Waals surface area (Å²) < 4.78 is 4.45. The van der Waals surface area contributed by atoms with E-state index in [1.807, 2.05) is 0 Å². The lowest BCUT2D eigenvalue weighted by atomic mass is 9.87. The summed E-state index contributed by atoms with van der Waals surface area (Å²) >= 11 is 16.8. The van der Waals surface area contributed by atoms with E-state index in [2.05, 4.69) is 31.9 Å². The first-order chi connectivity index (χ1) is 29.6. The lowest BCUT2D eigenvalue weighted by Gasteiger charge is -2.37. The van der Waals surface area contributed by atoms with Crippen molar-refractivity contribution in [3.05, 3.63) is 123 Å². The van der Waals surface area contributed by atoms with E-state index in [0.717, 1.165) is 18.0 Å². The summed E-state index contributed by atoms with van der Waals surface area (Å²) in [5.41, 5.74) is -0.590. The molecule has 0 atom stereocenters. The Bertz CT molecular complexity index is 2450. The van der Waals surface area contributed by atoms with Gasteiger partial charge in [-0.1, -0.05) is 47.3 Å². The van der Waals surface area contributed by atoms with Gasteiger partial charge in [-0.2, -0.15) is 0 Å². The summed E-state index contributed by atoms with van der Waals surface area (Å²) in [5.74, 6) is 2.20. The Kier molecular flexibility index (Phi) is 14.0. The predicted octanol–water partition coefficient (Wildman–Crippen LogP) is 7.30. The molecule has 17 nitrogen and oxygen atoms in total. The number of nitrogens with one attached hydrogen (secondary N) is 4. The maximum Gasteiger partial charge on any atom is 0.409 e. The highest BCUT2D eigenvalue weighted by molar-refractivity contribution is 6.61. The number of nitrogens with zero attached hydrogens (tertiary/aromatic N) is 4. The van der Waals surface area contributed by atoms with Gasteiger partial charge in [0, 0.05) is 58.1 Å². The SMILES string of the molecule is C#Cc1cccc(NC(=O)N2CCC3(CC2)NC(=O)N(c2cccc(Cl)c2)C3=O)c1.O=C(Cl)Oc1ccc([N+](=O)[O-])cc1.O=C1NC2(CCNCC2)C(=O)N1c1cccc(Cl)c1. The van der Waals surface area contributed by atoms with Gasteiger partial charge >= 0.3 is 23.5 Å². The van der Waals surface area contributed by atoms with Gasteiger partial charge in [0.05, 0.1) is 16.3 Å². The Labute approximate surface area is 369 Å². The molecule has 0 aliphatic carbocycles. The monoisotopic (exact) mass is 902 g/mol. The lowest BCUT2D eigenvalue weighted by Crippen LogP contribution is -2.56. The number of benzene rings is 4. The molecular formula is C42H37Cl3N8O9. The molecule has 4 aliphatic heterocycles. The van der Waals surface area contributed by atoms with Gasteiger partial charge in [0.2, 0.25) is 0 Å². The number of anilines is 3. The van der Waals surface area contributed by atoms with E-state index in [9.17, 15) is 38.9 Å². The van der Waals surface area contributed by atoms with Crippen LogP contribution in [-0.4, -0.2) is 82.4 Å². The van der Waals surface area contributed by atoms with Crippen molar-refractivity contribution in [2.75, 3.05) is 41.3 Å². The van der Waals surface area contributed by atoms with E-state index in [1.54, 1.807) is 77.7 Å². The number of hydrogen-bond donors (Lipinski definition) is 4. The standard InChI is InChI=1S/C22H19ClN4O3.C13H14ClN3O2.C7H4ClNO4/c1-2-15-5-3-7-17(13-15)24-20(29)26-11-9-22(10-12-26)19(28)27(21(30)25-22)18-8-4-6-16(23)14-18;14-9-2-1-3-10(8-9)17-11(18)13(16-12(17)19)4-6-15-7-5-13;8-7(10)13-6-3-1-5(2-4-6)9(11)12/h1,3-8,13-14H,9-12H2,(H,24,29)(H,25,30);1-3,8,15H,4-7H2,(H,16,19);1-4H. The second kappa shape index (κ2) is 19.3. The van der Waals surface area contributed by atoms with Gasteiger partial charge in [-0.25, -0.2) is 29.0 Å². The molecule has 0 radical (unpaired) electrons. The molecule has 4 aromatic carbocycles. The number of nitro benzene ring substituents is 1. The molecule has 4 heterocycles. The van der Waals surface area contributed by atoms with Crippen LogP contribution < -0.4 is 35.8 Å². The fourth-order valence-electron chi connectivity index (χ4n) is 7.18. The van der Waals surface area contributed by atoms with Crippen LogP contribution in [-0.2, 0) is 9.59 Å². The molecular weight excluding hydrogens is 867 g/mol. The van der Waals surface area contributed by atoms with Crippen molar-refractivity contribution >= 4 is 92.9 Å². The minimum Gasteiger partial charge on any atom is -0.414 e. The highest BCUT2D eigenvalue weighted by atomic mass is 35.5. The third-order valence-corrected chi connectivity index (χ3v) is 10.9. The largest absolute Gasteiger partial charge is 0.414 e. The Hall–Kier alpha value is -6.71. The average Bonchev–Trinajstić information content (AvgIpc) is 3.63. The Balaban J connectivity index is 0.000000171. The number of nitro groups is 1. The van der Waals surface area contributed by atoms with Crippen molar-refractivity contribution in [1.29, 1.82) is 0 Å². The van der Waals surface area contributed by atoms with Crippen LogP contribution in [0.1, 0.15) is 31.2 Å². The molecule has 4 aromatic rings. The predicted molar refractivity (Wildman–Crippen MR) is 232 cm³/mol. The van der Waals surface area contributed by atoms with Crippen molar-refractivity contribution in [1.82, 2.24) is 20.9 Å². The van der Waals surface area contributed by atoms with Crippen LogP contribution in [0.3, 0.4) is 0 Å². The van der Waals surface area contributed by atoms with Crippen LogP contribution in [0, 0.1) is 22.5 Å². The molecule has 62 heavy (non-hydrogen) atoms. The number of carbonyl (C=O) groups excluding carboxylic acids is 6. The zero-order chi connectivity index (χ0) is 44.6. The smallest absolute Gasteiger partial charge is 0.409 e. The summed E-state index contributed by atoms with van der Waals surface area (Å²) in [6.07, 6.45) is 7.28. The molecule has 8 amide bonds. The average molecular weight is 904 g/mol. The fourth-order valence-corrected chi connectivity index (χ4v) is 7.64. The minimum absolute atomic E-state index is 0.0747. The van der Waals surface area contributed by atoms with Crippen LogP contribution in [0.2, 0.25) is 10.0 Å². The number of urea groups is 3. The van der Waals surface area contributed by atoms with Gasteiger partial charge in [-0.15, -0.1) is 6.42 Å². The second-order valence-corrected chi connectivity index (χ2v) is 15.4. The summed E-state index contributed by atoms with van der Waals surface area (Å²) in [4.78, 5) is 86.7. The fraction of sp³-hybridized carbons (Fsp3) is 0.238. The zero-order valence-electron chi connectivity index (χ0n) is 32.6. The molecule has 2 spiro atoms. The second-order valence-electron chi connectivity index (χ2n) is 14.2. The molecule has 4 fully saturated rings. The summed E-state index contributed by atoms with van der Waals surface area (Å²) in [7, 11) is 0. The number of non-ortho nitro benzene ring substituents is 1. The molecule has 4 N–H and O–H groups in total. The number of amides is 8. The van der Waals surface area contributed by atoms with E-state index in [1.165, 1.54) is 29.2 Å². The summed E-state index contributed by atoms with van der Waals surface area (Å²) in [6, 6.07) is 24.3. The highest BCUT2D eigenvalue weighted by Gasteiger charge is 2.54.